The van der Waals surface area contributed by atoms with E-state index in [2.05, 4.69) is 30.4 Å². The van der Waals surface area contributed by atoms with Crippen LogP contribution in [0.3, 0.4) is 0 Å². The zero-order chi connectivity index (χ0) is 22.2. The van der Waals surface area contributed by atoms with Crippen LogP contribution >= 0.6 is 11.8 Å². The van der Waals surface area contributed by atoms with Gasteiger partial charge in [0.25, 0.3) is 0 Å². The van der Waals surface area contributed by atoms with E-state index in [4.69, 9.17) is 0 Å². The van der Waals surface area contributed by atoms with Gasteiger partial charge in [-0.1, -0.05) is 72.5 Å². The van der Waals surface area contributed by atoms with Gasteiger partial charge in [-0.25, -0.2) is 0 Å². The molecule has 1 unspecified atom stereocenters. The molecule has 0 heterocycles. The second-order valence-corrected chi connectivity index (χ2v) is 9.64. The summed E-state index contributed by atoms with van der Waals surface area (Å²) < 4.78 is 0. The average Bonchev–Trinajstić information content (AvgIpc) is 3.26. The van der Waals surface area contributed by atoms with Crippen LogP contribution in [0.4, 0.5) is 0 Å². The minimum absolute atomic E-state index is 0.00676. The Labute approximate surface area is 190 Å². The number of aryl methyl sites for hydroxylation is 2. The number of carbonyl (C=O) groups excluding carboxylic acids is 2. The van der Waals surface area contributed by atoms with Crippen LogP contribution in [-0.4, -0.2) is 34.6 Å². The number of nitrogens with one attached hydrogen (secondary N) is 1. The van der Waals surface area contributed by atoms with Crippen LogP contribution in [0.2, 0.25) is 0 Å². The number of amides is 2. The summed E-state index contributed by atoms with van der Waals surface area (Å²) >= 11 is 1.60. The van der Waals surface area contributed by atoms with Crippen LogP contribution in [0, 0.1) is 13.8 Å². The molecule has 1 fully saturated rings. The highest BCUT2D eigenvalue weighted by Crippen LogP contribution is 2.20. The smallest absolute Gasteiger partial charge is 0.242 e. The number of carbonyl (C=O) groups is 2. The SMILES string of the molecule is Cc1ccc(CN(C(=O)CSCc2cccc(C)c2)C(C)C(=O)NC2CCCC2)cc1. The van der Waals surface area contributed by atoms with E-state index in [-0.39, 0.29) is 17.9 Å². The molecule has 2 aromatic carbocycles. The fourth-order valence-corrected chi connectivity index (χ4v) is 4.86. The molecule has 4 nitrogen and oxygen atoms in total. The summed E-state index contributed by atoms with van der Waals surface area (Å²) in [4.78, 5) is 27.8. The molecule has 0 radical (unpaired) electrons. The summed E-state index contributed by atoms with van der Waals surface area (Å²) in [5, 5.41) is 3.16. The molecule has 31 heavy (non-hydrogen) atoms. The molecule has 1 atom stereocenters. The molecule has 1 aliphatic rings. The van der Waals surface area contributed by atoms with Crippen LogP contribution in [0.25, 0.3) is 0 Å². The van der Waals surface area contributed by atoms with E-state index >= 15 is 0 Å². The Morgan fingerprint density at radius 1 is 1.03 bits per heavy atom. The quantitative estimate of drug-likeness (QED) is 0.598. The van der Waals surface area contributed by atoms with Crippen molar-refractivity contribution in [1.82, 2.24) is 10.2 Å². The zero-order valence-electron chi connectivity index (χ0n) is 18.9. The molecule has 1 saturated carbocycles. The molecular weight excluding hydrogens is 404 g/mol. The molecule has 0 aromatic heterocycles. The summed E-state index contributed by atoms with van der Waals surface area (Å²) in [6.07, 6.45) is 4.41. The minimum atomic E-state index is -0.492. The number of hydrogen-bond donors (Lipinski definition) is 1. The first kappa shape index (κ1) is 23.4. The van der Waals surface area contributed by atoms with E-state index in [0.717, 1.165) is 24.2 Å². The maximum Gasteiger partial charge on any atom is 0.242 e. The predicted octanol–water partition coefficient (Wildman–Crippen LogP) is 5.01. The number of rotatable bonds is 9. The van der Waals surface area contributed by atoms with Crippen molar-refractivity contribution < 1.29 is 9.59 Å². The van der Waals surface area contributed by atoms with E-state index < -0.39 is 6.04 Å². The summed E-state index contributed by atoms with van der Waals surface area (Å²) in [7, 11) is 0. The fourth-order valence-electron chi connectivity index (χ4n) is 4.01. The Morgan fingerprint density at radius 3 is 2.42 bits per heavy atom. The van der Waals surface area contributed by atoms with Gasteiger partial charge in [0.05, 0.1) is 5.75 Å². The highest BCUT2D eigenvalue weighted by molar-refractivity contribution is 7.99. The van der Waals surface area contributed by atoms with Gasteiger partial charge in [-0.15, -0.1) is 11.8 Å². The maximum atomic E-state index is 13.2. The summed E-state index contributed by atoms with van der Waals surface area (Å²) in [5.41, 5.74) is 4.67. The molecule has 0 bridgehead atoms. The minimum Gasteiger partial charge on any atom is -0.352 e. The normalized spacial score (nSPS) is 14.9. The van der Waals surface area contributed by atoms with Crippen LogP contribution in [0.15, 0.2) is 48.5 Å². The number of hydrogen-bond acceptors (Lipinski definition) is 3. The van der Waals surface area contributed by atoms with Gasteiger partial charge in [0, 0.05) is 18.3 Å². The van der Waals surface area contributed by atoms with Crippen LogP contribution in [0.1, 0.15) is 54.9 Å². The van der Waals surface area contributed by atoms with E-state index in [9.17, 15) is 9.59 Å². The Morgan fingerprint density at radius 2 is 1.74 bits per heavy atom. The van der Waals surface area contributed by atoms with Crippen molar-refractivity contribution in [3.63, 3.8) is 0 Å². The van der Waals surface area contributed by atoms with Crippen molar-refractivity contribution in [2.45, 2.75) is 70.8 Å². The Balaban J connectivity index is 1.64. The van der Waals surface area contributed by atoms with E-state index in [1.165, 1.54) is 29.5 Å². The van der Waals surface area contributed by atoms with Gasteiger partial charge in [-0.05, 0) is 44.7 Å². The van der Waals surface area contributed by atoms with Crippen LogP contribution < -0.4 is 5.32 Å². The van der Waals surface area contributed by atoms with E-state index in [0.29, 0.717) is 12.3 Å². The Hall–Kier alpha value is -2.27. The highest BCUT2D eigenvalue weighted by Gasteiger charge is 2.28. The monoisotopic (exact) mass is 438 g/mol. The van der Waals surface area contributed by atoms with Crippen molar-refractivity contribution in [3.8, 4) is 0 Å². The number of benzene rings is 2. The molecule has 0 spiro atoms. The van der Waals surface area contributed by atoms with Gasteiger partial charge in [-0.3, -0.25) is 9.59 Å². The van der Waals surface area contributed by atoms with Gasteiger partial charge in [0.15, 0.2) is 0 Å². The first-order chi connectivity index (χ1) is 14.9. The lowest BCUT2D eigenvalue weighted by molar-refractivity contribution is -0.138. The van der Waals surface area contributed by atoms with Crippen molar-refractivity contribution in [1.29, 1.82) is 0 Å². The lowest BCUT2D eigenvalue weighted by Gasteiger charge is -2.29. The molecule has 2 amide bonds. The van der Waals surface area contributed by atoms with Crippen molar-refractivity contribution in [3.05, 3.63) is 70.8 Å². The predicted molar refractivity (Wildman–Crippen MR) is 129 cm³/mol. The lowest BCUT2D eigenvalue weighted by Crippen LogP contribution is -2.50. The Kier molecular flexibility index (Phi) is 8.59. The van der Waals surface area contributed by atoms with Crippen molar-refractivity contribution in [2.75, 3.05) is 5.75 Å². The molecular formula is C26H34N2O2S. The molecule has 3 rings (SSSR count). The third-order valence-corrected chi connectivity index (χ3v) is 6.91. The van der Waals surface area contributed by atoms with Crippen molar-refractivity contribution >= 4 is 23.6 Å². The molecule has 2 aromatic rings. The lowest BCUT2D eigenvalue weighted by atomic mass is 10.1. The van der Waals surface area contributed by atoms with E-state index in [1.807, 2.05) is 44.2 Å². The second-order valence-electron chi connectivity index (χ2n) is 8.66. The molecule has 5 heteroatoms. The summed E-state index contributed by atoms with van der Waals surface area (Å²) in [6.45, 7) is 6.42. The molecule has 0 saturated heterocycles. The number of thioether (sulfide) groups is 1. The first-order valence-electron chi connectivity index (χ1n) is 11.2. The maximum absolute atomic E-state index is 13.2. The molecule has 0 aliphatic heterocycles. The van der Waals surface area contributed by atoms with Gasteiger partial charge >= 0.3 is 0 Å². The summed E-state index contributed by atoms with van der Waals surface area (Å²) in [6, 6.07) is 16.3. The molecule has 1 N–H and O–H groups in total. The first-order valence-corrected chi connectivity index (χ1v) is 12.4. The zero-order valence-corrected chi connectivity index (χ0v) is 19.7. The van der Waals surface area contributed by atoms with Gasteiger partial charge < -0.3 is 10.2 Å². The van der Waals surface area contributed by atoms with E-state index in [1.54, 1.807) is 16.7 Å². The Bertz CT molecular complexity index is 875. The average molecular weight is 439 g/mol. The van der Waals surface area contributed by atoms with Gasteiger partial charge in [0.2, 0.25) is 11.8 Å². The molecule has 1 aliphatic carbocycles. The van der Waals surface area contributed by atoms with Gasteiger partial charge in [0.1, 0.15) is 6.04 Å². The standard InChI is InChI=1S/C26H34N2O2S/c1-19-11-13-22(14-12-19)16-28(21(3)26(30)27-24-9-4-5-10-24)25(29)18-31-17-23-8-6-7-20(2)15-23/h6-8,11-15,21,24H,4-5,9-10,16-18H2,1-3H3,(H,27,30). The molecule has 166 valence electrons. The third kappa shape index (κ3) is 7.13. The van der Waals surface area contributed by atoms with Crippen molar-refractivity contribution in [2.24, 2.45) is 0 Å². The third-order valence-electron chi connectivity index (χ3n) is 5.92. The van der Waals surface area contributed by atoms with Crippen LogP contribution in [-0.2, 0) is 21.9 Å². The van der Waals surface area contributed by atoms with Gasteiger partial charge in [-0.2, -0.15) is 0 Å². The summed E-state index contributed by atoms with van der Waals surface area (Å²) in [5.74, 6) is 1.11. The second kappa shape index (κ2) is 11.4. The topological polar surface area (TPSA) is 49.4 Å². The highest BCUT2D eigenvalue weighted by atomic mass is 32.2. The largest absolute Gasteiger partial charge is 0.352 e. The fraction of sp³-hybridized carbons (Fsp3) is 0.462. The number of nitrogens with zero attached hydrogens (tertiary/aromatic N) is 1. The van der Waals surface area contributed by atoms with Crippen LogP contribution in [0.5, 0.6) is 0 Å².